The number of hydrogen-bond acceptors (Lipinski definition) is 6. The van der Waals surface area contributed by atoms with Gasteiger partial charge >= 0.3 is 7.60 Å². The molecule has 0 aromatic rings. The first-order valence-corrected chi connectivity index (χ1v) is 24.9. The molecule has 2 atom stereocenters. The molecule has 54 heavy (non-hydrogen) atoms. The van der Waals surface area contributed by atoms with E-state index in [0.29, 0.717) is 19.7 Å². The van der Waals surface area contributed by atoms with Gasteiger partial charge in [0.2, 0.25) is 0 Å². The number of likely N-dealkylation sites (N-methyl/N-ethyl adjacent to an activating group) is 1. The molecule has 316 valence electrons. The van der Waals surface area contributed by atoms with Crippen molar-refractivity contribution >= 4 is 7.60 Å². The fourth-order valence-electron chi connectivity index (χ4n) is 7.44. The zero-order valence-corrected chi connectivity index (χ0v) is 37.0. The summed E-state index contributed by atoms with van der Waals surface area (Å²) < 4.78 is 30.2. The SMILES string of the molecule is CCCCC/C=C\C/C=C\CCCCCCCCC1(CCCCCCCC/C=C\C/C=C\CCCCC)CCC(CN(C)CCOP(C)(=O)OCCN)O1. The maximum absolute atomic E-state index is 12.4. The standard InChI is InChI=1S/C47H89N2O4P/c1-5-7-9-11-13-15-17-19-21-23-25-27-29-31-33-35-38-47(39-36-34-32-30-28-26-24-22-20-18-16-14-12-10-8-6-2)40-37-46(53-47)45-49(3)42-44-52-54(4,50)51-43-41-48/h13-16,19-22,46H,5-12,17-18,23-45,48H2,1-4H3/b15-13-,16-14-,21-19-,22-20-. The topological polar surface area (TPSA) is 74.0 Å². The fraction of sp³-hybridized carbons (Fsp3) is 0.830. The van der Waals surface area contributed by atoms with Crippen molar-refractivity contribution in [3.63, 3.8) is 0 Å². The van der Waals surface area contributed by atoms with Gasteiger partial charge in [-0.05, 0) is 96.9 Å². The normalized spacial score (nSPS) is 17.4. The molecule has 0 aromatic carbocycles. The Hall–Kier alpha value is -1.01. The van der Waals surface area contributed by atoms with E-state index < -0.39 is 7.60 Å². The molecule has 1 aliphatic heterocycles. The van der Waals surface area contributed by atoms with Crippen LogP contribution in [0.3, 0.4) is 0 Å². The van der Waals surface area contributed by atoms with Gasteiger partial charge in [-0.1, -0.05) is 152 Å². The van der Waals surface area contributed by atoms with Gasteiger partial charge in [-0.2, -0.15) is 0 Å². The highest BCUT2D eigenvalue weighted by molar-refractivity contribution is 7.52. The van der Waals surface area contributed by atoms with Crippen molar-refractivity contribution in [1.82, 2.24) is 4.90 Å². The highest BCUT2D eigenvalue weighted by Gasteiger charge is 2.39. The van der Waals surface area contributed by atoms with Crippen molar-refractivity contribution in [3.8, 4) is 0 Å². The van der Waals surface area contributed by atoms with Crippen LogP contribution in [0.25, 0.3) is 0 Å². The van der Waals surface area contributed by atoms with Gasteiger partial charge in [0.15, 0.2) is 0 Å². The lowest BCUT2D eigenvalue weighted by Gasteiger charge is -2.31. The lowest BCUT2D eigenvalue weighted by atomic mass is 9.87. The molecule has 0 radical (unpaired) electrons. The van der Waals surface area contributed by atoms with E-state index in [0.717, 1.165) is 25.8 Å². The Kier molecular flexibility index (Phi) is 34.3. The lowest BCUT2D eigenvalue weighted by molar-refractivity contribution is -0.0627. The quantitative estimate of drug-likeness (QED) is 0.0381. The average Bonchev–Trinajstić information content (AvgIpc) is 3.55. The molecule has 0 spiro atoms. The number of nitrogens with zero attached hydrogens (tertiary/aromatic N) is 1. The van der Waals surface area contributed by atoms with E-state index >= 15 is 0 Å². The summed E-state index contributed by atoms with van der Waals surface area (Å²) in [7, 11) is -0.933. The molecule has 0 aliphatic carbocycles. The van der Waals surface area contributed by atoms with Crippen molar-refractivity contribution in [2.24, 2.45) is 5.73 Å². The third kappa shape index (κ3) is 31.1. The molecular formula is C47H89N2O4P. The van der Waals surface area contributed by atoms with E-state index in [1.807, 2.05) is 0 Å². The minimum Gasteiger partial charge on any atom is -0.370 e. The Morgan fingerprint density at radius 1 is 0.648 bits per heavy atom. The Labute approximate surface area is 336 Å². The van der Waals surface area contributed by atoms with E-state index in [4.69, 9.17) is 19.5 Å². The van der Waals surface area contributed by atoms with Gasteiger partial charge in [0.25, 0.3) is 0 Å². The van der Waals surface area contributed by atoms with Crippen LogP contribution in [0.4, 0.5) is 0 Å². The van der Waals surface area contributed by atoms with Gasteiger partial charge in [-0.25, -0.2) is 0 Å². The molecule has 2 N–H and O–H groups in total. The molecule has 0 amide bonds. The Morgan fingerprint density at radius 3 is 1.54 bits per heavy atom. The monoisotopic (exact) mass is 777 g/mol. The van der Waals surface area contributed by atoms with Crippen molar-refractivity contribution in [1.29, 1.82) is 0 Å². The third-order valence-electron chi connectivity index (χ3n) is 10.8. The van der Waals surface area contributed by atoms with Crippen LogP contribution >= 0.6 is 7.60 Å². The molecule has 1 saturated heterocycles. The highest BCUT2D eigenvalue weighted by Crippen LogP contribution is 2.43. The predicted octanol–water partition coefficient (Wildman–Crippen LogP) is 14.1. The highest BCUT2D eigenvalue weighted by atomic mass is 31.2. The Morgan fingerprint density at radius 2 is 1.07 bits per heavy atom. The van der Waals surface area contributed by atoms with Crippen LogP contribution in [0.15, 0.2) is 48.6 Å². The van der Waals surface area contributed by atoms with E-state index in [1.54, 1.807) is 0 Å². The summed E-state index contributed by atoms with van der Waals surface area (Å²) in [6, 6.07) is 0. The molecule has 1 rings (SSSR count). The summed E-state index contributed by atoms with van der Waals surface area (Å²) in [5.74, 6) is 0. The first kappa shape index (κ1) is 51.0. The second-order valence-corrected chi connectivity index (χ2v) is 18.2. The summed E-state index contributed by atoms with van der Waals surface area (Å²) in [5.41, 5.74) is 5.53. The second kappa shape index (κ2) is 36.3. The molecule has 1 aliphatic rings. The van der Waals surface area contributed by atoms with Crippen molar-refractivity contribution in [3.05, 3.63) is 48.6 Å². The second-order valence-electron chi connectivity index (χ2n) is 16.1. The zero-order valence-electron chi connectivity index (χ0n) is 36.1. The van der Waals surface area contributed by atoms with Gasteiger partial charge in [-0.3, -0.25) is 4.57 Å². The molecule has 6 nitrogen and oxygen atoms in total. The minimum absolute atomic E-state index is 0.0433. The molecule has 0 aromatic heterocycles. The average molecular weight is 777 g/mol. The van der Waals surface area contributed by atoms with Crippen LogP contribution in [-0.2, 0) is 18.3 Å². The number of nitrogens with two attached hydrogens (primary N) is 1. The largest absolute Gasteiger partial charge is 0.370 e. The molecule has 1 heterocycles. The first-order chi connectivity index (χ1) is 26.4. The zero-order chi connectivity index (χ0) is 39.3. The van der Waals surface area contributed by atoms with Gasteiger partial charge in [0, 0.05) is 26.3 Å². The molecule has 1 fully saturated rings. The summed E-state index contributed by atoms with van der Waals surface area (Å²) in [5, 5.41) is 0. The first-order valence-electron chi connectivity index (χ1n) is 22.9. The van der Waals surface area contributed by atoms with Crippen molar-refractivity contribution < 1.29 is 18.3 Å². The number of allylic oxidation sites excluding steroid dienone is 8. The van der Waals surface area contributed by atoms with E-state index in [1.165, 1.54) is 167 Å². The van der Waals surface area contributed by atoms with Crippen LogP contribution in [0, 0.1) is 0 Å². The summed E-state index contributed by atoms with van der Waals surface area (Å²) >= 11 is 0. The van der Waals surface area contributed by atoms with Crippen LogP contribution in [-0.4, -0.2) is 63.2 Å². The van der Waals surface area contributed by atoms with Crippen LogP contribution < -0.4 is 5.73 Å². The number of ether oxygens (including phenoxy) is 1. The summed E-state index contributed by atoms with van der Waals surface area (Å²) in [6.45, 7) is 8.62. The summed E-state index contributed by atoms with van der Waals surface area (Å²) in [4.78, 5) is 2.25. The molecule has 0 bridgehead atoms. The maximum Gasteiger partial charge on any atom is 0.327 e. The fourth-order valence-corrected chi connectivity index (χ4v) is 8.37. The number of rotatable bonds is 39. The molecule has 7 heteroatoms. The molecular weight excluding hydrogens is 688 g/mol. The van der Waals surface area contributed by atoms with Crippen molar-refractivity contribution in [2.45, 2.75) is 205 Å². The van der Waals surface area contributed by atoms with Crippen LogP contribution in [0.1, 0.15) is 194 Å². The van der Waals surface area contributed by atoms with E-state index in [9.17, 15) is 4.57 Å². The Balaban J connectivity index is 2.37. The third-order valence-corrected chi connectivity index (χ3v) is 12.1. The van der Waals surface area contributed by atoms with Gasteiger partial charge in [0.1, 0.15) is 0 Å². The van der Waals surface area contributed by atoms with Gasteiger partial charge in [0.05, 0.1) is 24.9 Å². The Bertz CT molecular complexity index is 948. The van der Waals surface area contributed by atoms with Crippen LogP contribution in [0.2, 0.25) is 0 Å². The smallest absolute Gasteiger partial charge is 0.327 e. The lowest BCUT2D eigenvalue weighted by Crippen LogP contribution is -2.35. The van der Waals surface area contributed by atoms with Crippen LogP contribution in [0.5, 0.6) is 0 Å². The van der Waals surface area contributed by atoms with Gasteiger partial charge < -0.3 is 24.4 Å². The van der Waals surface area contributed by atoms with E-state index in [2.05, 4.69) is 74.4 Å². The predicted molar refractivity (Wildman–Crippen MR) is 237 cm³/mol. The number of unbranched alkanes of at least 4 members (excludes halogenated alkanes) is 18. The molecule has 0 saturated carbocycles. The minimum atomic E-state index is -3.04. The summed E-state index contributed by atoms with van der Waals surface area (Å²) in [6.07, 6.45) is 54.7. The van der Waals surface area contributed by atoms with E-state index in [-0.39, 0.29) is 18.3 Å². The number of hydrogen-bond donors (Lipinski definition) is 1. The van der Waals surface area contributed by atoms with Gasteiger partial charge in [-0.15, -0.1) is 0 Å². The maximum atomic E-state index is 12.4. The molecule has 2 unspecified atom stereocenters. The van der Waals surface area contributed by atoms with Crippen molar-refractivity contribution in [2.75, 3.05) is 46.6 Å².